The standard InChI is InChI=1S/C18H24N4O2/c1-11(2)19-18(23)16-10-17(21-13(5)20-16)22-14-6-8-15(9-7-14)24-12(3)4/h6-12H,1-5H3,(H,19,23)(H,20,21,22). The molecule has 0 aliphatic heterocycles. The summed E-state index contributed by atoms with van der Waals surface area (Å²) in [6, 6.07) is 9.29. The number of anilines is 2. The van der Waals surface area contributed by atoms with Crippen molar-refractivity contribution in [2.24, 2.45) is 0 Å². The Kier molecular flexibility index (Phi) is 5.73. The van der Waals surface area contributed by atoms with Gasteiger partial charge in [-0.15, -0.1) is 0 Å². The van der Waals surface area contributed by atoms with Gasteiger partial charge in [-0.1, -0.05) is 0 Å². The topological polar surface area (TPSA) is 76.1 Å². The number of nitrogens with zero attached hydrogens (tertiary/aromatic N) is 2. The molecule has 24 heavy (non-hydrogen) atoms. The van der Waals surface area contributed by atoms with Gasteiger partial charge in [-0.05, 0) is 58.9 Å². The minimum Gasteiger partial charge on any atom is -0.491 e. The molecule has 2 aromatic rings. The first-order valence-corrected chi connectivity index (χ1v) is 8.04. The highest BCUT2D eigenvalue weighted by atomic mass is 16.5. The second kappa shape index (κ2) is 7.77. The molecule has 1 amide bonds. The van der Waals surface area contributed by atoms with E-state index in [4.69, 9.17) is 4.74 Å². The minimum absolute atomic E-state index is 0.0534. The maximum absolute atomic E-state index is 12.1. The smallest absolute Gasteiger partial charge is 0.270 e. The summed E-state index contributed by atoms with van der Waals surface area (Å²) in [6.07, 6.45) is 0.135. The van der Waals surface area contributed by atoms with Crippen molar-refractivity contribution in [1.29, 1.82) is 0 Å². The summed E-state index contributed by atoms with van der Waals surface area (Å²) in [5, 5.41) is 6.02. The summed E-state index contributed by atoms with van der Waals surface area (Å²) in [6.45, 7) is 9.55. The van der Waals surface area contributed by atoms with Gasteiger partial charge in [0, 0.05) is 17.8 Å². The molecular formula is C18H24N4O2. The van der Waals surface area contributed by atoms with Crippen LogP contribution in [0, 0.1) is 6.92 Å². The molecule has 0 aliphatic rings. The summed E-state index contributed by atoms with van der Waals surface area (Å²) >= 11 is 0. The summed E-state index contributed by atoms with van der Waals surface area (Å²) < 4.78 is 5.62. The first-order valence-electron chi connectivity index (χ1n) is 8.04. The average molecular weight is 328 g/mol. The zero-order chi connectivity index (χ0) is 17.7. The minimum atomic E-state index is -0.209. The van der Waals surface area contributed by atoms with Gasteiger partial charge >= 0.3 is 0 Å². The largest absolute Gasteiger partial charge is 0.491 e. The number of hydrogen-bond acceptors (Lipinski definition) is 5. The molecule has 1 heterocycles. The van der Waals surface area contributed by atoms with E-state index in [-0.39, 0.29) is 18.1 Å². The molecule has 0 unspecified atom stereocenters. The number of benzene rings is 1. The highest BCUT2D eigenvalue weighted by Gasteiger charge is 2.11. The normalized spacial score (nSPS) is 10.8. The first kappa shape index (κ1) is 17.7. The van der Waals surface area contributed by atoms with E-state index in [1.165, 1.54) is 0 Å². The Morgan fingerprint density at radius 3 is 2.33 bits per heavy atom. The van der Waals surface area contributed by atoms with Gasteiger partial charge in [-0.3, -0.25) is 4.79 Å². The number of nitrogens with one attached hydrogen (secondary N) is 2. The van der Waals surface area contributed by atoms with Gasteiger partial charge in [-0.25, -0.2) is 9.97 Å². The molecule has 6 nitrogen and oxygen atoms in total. The number of aromatic nitrogens is 2. The van der Waals surface area contributed by atoms with Crippen LogP contribution in [-0.2, 0) is 0 Å². The van der Waals surface area contributed by atoms with E-state index >= 15 is 0 Å². The number of amides is 1. The Morgan fingerprint density at radius 1 is 1.08 bits per heavy atom. The number of rotatable bonds is 6. The van der Waals surface area contributed by atoms with Crippen LogP contribution in [0.25, 0.3) is 0 Å². The summed E-state index contributed by atoms with van der Waals surface area (Å²) in [7, 11) is 0. The molecule has 0 bridgehead atoms. The molecule has 1 aromatic heterocycles. The third-order valence-corrected chi connectivity index (χ3v) is 2.99. The zero-order valence-corrected chi connectivity index (χ0v) is 14.8. The molecule has 0 spiro atoms. The van der Waals surface area contributed by atoms with E-state index in [0.29, 0.717) is 17.3 Å². The highest BCUT2D eigenvalue weighted by Crippen LogP contribution is 2.20. The Bertz CT molecular complexity index is 697. The van der Waals surface area contributed by atoms with Gasteiger partial charge in [0.15, 0.2) is 0 Å². The third kappa shape index (κ3) is 5.22. The van der Waals surface area contributed by atoms with Crippen LogP contribution >= 0.6 is 0 Å². The Hall–Kier alpha value is -2.63. The molecule has 0 saturated heterocycles. The van der Waals surface area contributed by atoms with Crippen LogP contribution in [-0.4, -0.2) is 28.0 Å². The maximum atomic E-state index is 12.1. The SMILES string of the molecule is Cc1nc(Nc2ccc(OC(C)C)cc2)cc(C(=O)NC(C)C)n1. The molecule has 0 saturated carbocycles. The Morgan fingerprint density at radius 2 is 1.75 bits per heavy atom. The molecule has 2 rings (SSSR count). The van der Waals surface area contributed by atoms with Gasteiger partial charge in [0.25, 0.3) is 5.91 Å². The number of carbonyl (C=O) groups excluding carboxylic acids is 1. The van der Waals surface area contributed by atoms with Gasteiger partial charge in [-0.2, -0.15) is 0 Å². The quantitative estimate of drug-likeness (QED) is 0.849. The Labute approximate surface area is 142 Å². The van der Waals surface area contributed by atoms with Crippen LogP contribution in [0.15, 0.2) is 30.3 Å². The lowest BCUT2D eigenvalue weighted by Gasteiger charge is -2.12. The highest BCUT2D eigenvalue weighted by molar-refractivity contribution is 5.93. The number of hydrogen-bond donors (Lipinski definition) is 2. The number of carbonyl (C=O) groups is 1. The van der Waals surface area contributed by atoms with E-state index < -0.39 is 0 Å². The number of aryl methyl sites for hydroxylation is 1. The lowest BCUT2D eigenvalue weighted by Crippen LogP contribution is -2.31. The van der Waals surface area contributed by atoms with Crippen molar-refractivity contribution < 1.29 is 9.53 Å². The lowest BCUT2D eigenvalue weighted by molar-refractivity contribution is 0.0937. The van der Waals surface area contributed by atoms with Gasteiger partial charge in [0.05, 0.1) is 6.10 Å². The van der Waals surface area contributed by atoms with Crippen molar-refractivity contribution in [3.63, 3.8) is 0 Å². The lowest BCUT2D eigenvalue weighted by atomic mass is 10.2. The van der Waals surface area contributed by atoms with Crippen LogP contribution < -0.4 is 15.4 Å². The van der Waals surface area contributed by atoms with Gasteiger partial charge in [0.2, 0.25) is 0 Å². The molecule has 2 N–H and O–H groups in total. The predicted octanol–water partition coefficient (Wildman–Crippen LogP) is 3.45. The van der Waals surface area contributed by atoms with Crippen molar-refractivity contribution >= 4 is 17.4 Å². The van der Waals surface area contributed by atoms with Gasteiger partial charge < -0.3 is 15.4 Å². The van der Waals surface area contributed by atoms with Crippen molar-refractivity contribution in [2.75, 3.05) is 5.32 Å². The molecular weight excluding hydrogens is 304 g/mol. The molecule has 0 atom stereocenters. The van der Waals surface area contributed by atoms with Crippen LogP contribution in [0.3, 0.4) is 0 Å². The number of ether oxygens (including phenoxy) is 1. The second-order valence-corrected chi connectivity index (χ2v) is 6.13. The molecule has 1 aromatic carbocycles. The fraction of sp³-hybridized carbons (Fsp3) is 0.389. The van der Waals surface area contributed by atoms with Gasteiger partial charge in [0.1, 0.15) is 23.1 Å². The predicted molar refractivity (Wildman–Crippen MR) is 94.9 cm³/mol. The Balaban J connectivity index is 2.14. The molecule has 0 aliphatic carbocycles. The van der Waals surface area contributed by atoms with E-state index in [0.717, 1.165) is 11.4 Å². The van der Waals surface area contributed by atoms with Crippen molar-refractivity contribution in [3.8, 4) is 5.75 Å². The van der Waals surface area contributed by atoms with Crippen LogP contribution in [0.1, 0.15) is 44.0 Å². The summed E-state index contributed by atoms with van der Waals surface area (Å²) in [4.78, 5) is 20.6. The van der Waals surface area contributed by atoms with E-state index in [2.05, 4.69) is 20.6 Å². The van der Waals surface area contributed by atoms with Crippen molar-refractivity contribution in [1.82, 2.24) is 15.3 Å². The molecule has 0 fully saturated rings. The van der Waals surface area contributed by atoms with Crippen LogP contribution in [0.2, 0.25) is 0 Å². The molecule has 6 heteroatoms. The average Bonchev–Trinajstić information content (AvgIpc) is 2.47. The molecule has 128 valence electrons. The van der Waals surface area contributed by atoms with E-state index in [1.54, 1.807) is 13.0 Å². The second-order valence-electron chi connectivity index (χ2n) is 6.13. The van der Waals surface area contributed by atoms with E-state index in [9.17, 15) is 4.79 Å². The molecule has 0 radical (unpaired) electrons. The fourth-order valence-corrected chi connectivity index (χ4v) is 2.12. The van der Waals surface area contributed by atoms with Crippen LogP contribution in [0.5, 0.6) is 5.75 Å². The monoisotopic (exact) mass is 328 g/mol. The summed E-state index contributed by atoms with van der Waals surface area (Å²) in [5.74, 6) is 1.72. The first-order chi connectivity index (χ1) is 11.3. The maximum Gasteiger partial charge on any atom is 0.270 e. The zero-order valence-electron chi connectivity index (χ0n) is 14.8. The third-order valence-electron chi connectivity index (χ3n) is 2.99. The summed E-state index contributed by atoms with van der Waals surface area (Å²) in [5.41, 5.74) is 1.21. The van der Waals surface area contributed by atoms with Crippen molar-refractivity contribution in [3.05, 3.63) is 41.9 Å². The van der Waals surface area contributed by atoms with E-state index in [1.807, 2.05) is 52.0 Å². The fourth-order valence-electron chi connectivity index (χ4n) is 2.12. The van der Waals surface area contributed by atoms with Crippen molar-refractivity contribution in [2.45, 2.75) is 46.8 Å². The van der Waals surface area contributed by atoms with Crippen LogP contribution in [0.4, 0.5) is 11.5 Å².